The molecule has 0 spiro atoms. The van der Waals surface area contributed by atoms with E-state index in [9.17, 15) is 29.3 Å². The summed E-state index contributed by atoms with van der Waals surface area (Å²) < 4.78 is 0. The molecule has 194 valence electrons. The molecule has 3 aliphatic rings. The predicted molar refractivity (Wildman–Crippen MR) is 143 cm³/mol. The fourth-order valence-corrected chi connectivity index (χ4v) is 5.80. The average molecular weight is 523 g/mol. The molecule has 3 amide bonds. The van der Waals surface area contributed by atoms with Crippen molar-refractivity contribution in [1.29, 1.82) is 0 Å². The number of fused-ring (bicyclic) bond motifs is 5. The Hall–Kier alpha value is -5.12. The minimum absolute atomic E-state index is 0.118. The lowest BCUT2D eigenvalue weighted by Crippen LogP contribution is -2.50. The third-order valence-corrected chi connectivity index (χ3v) is 7.56. The number of Topliss-reactive ketones (excluding diaryl/α,β-unsaturated/α-hetero) is 1. The van der Waals surface area contributed by atoms with Crippen molar-refractivity contribution in [2.24, 2.45) is 11.8 Å². The maximum absolute atomic E-state index is 13.9. The van der Waals surface area contributed by atoms with E-state index in [1.54, 1.807) is 24.3 Å². The van der Waals surface area contributed by atoms with Gasteiger partial charge in [-0.3, -0.25) is 29.3 Å². The van der Waals surface area contributed by atoms with Crippen molar-refractivity contribution in [1.82, 2.24) is 0 Å². The van der Waals surface area contributed by atoms with Crippen molar-refractivity contribution >= 4 is 52.3 Å². The minimum atomic E-state index is -1.01. The Balaban J connectivity index is 1.39. The number of imide groups is 1. The van der Waals surface area contributed by atoms with E-state index >= 15 is 0 Å². The Kier molecular flexibility index (Phi) is 5.60. The van der Waals surface area contributed by atoms with Crippen LogP contribution in [0.1, 0.15) is 22.8 Å². The number of anilines is 3. The highest BCUT2D eigenvalue weighted by molar-refractivity contribution is 6.25. The number of benzene rings is 3. The van der Waals surface area contributed by atoms with Gasteiger partial charge in [0.05, 0.1) is 28.5 Å². The molecule has 0 aromatic heterocycles. The fourth-order valence-electron chi connectivity index (χ4n) is 5.80. The van der Waals surface area contributed by atoms with E-state index in [-0.39, 0.29) is 11.5 Å². The quantitative estimate of drug-likeness (QED) is 0.233. The molecule has 10 nitrogen and oxygen atoms in total. The first-order chi connectivity index (χ1) is 18.8. The Morgan fingerprint density at radius 3 is 2.23 bits per heavy atom. The van der Waals surface area contributed by atoms with Crippen LogP contribution < -0.4 is 15.1 Å². The normalized spacial score (nSPS) is 22.8. The molecule has 3 aromatic rings. The summed E-state index contributed by atoms with van der Waals surface area (Å²) in [5.74, 6) is -3.32. The molecule has 6 rings (SSSR count). The molecule has 0 aliphatic carbocycles. The third-order valence-electron chi connectivity index (χ3n) is 7.56. The monoisotopic (exact) mass is 522 g/mol. The molecule has 10 heteroatoms. The van der Waals surface area contributed by atoms with Crippen molar-refractivity contribution in [3.63, 3.8) is 0 Å². The highest BCUT2D eigenvalue weighted by Gasteiger charge is 2.64. The van der Waals surface area contributed by atoms with Crippen LogP contribution in [-0.2, 0) is 14.4 Å². The molecule has 1 N–H and O–H groups in total. The molecular weight excluding hydrogens is 500 g/mol. The number of nitrogens with zero attached hydrogens (tertiary/aromatic N) is 3. The lowest BCUT2D eigenvalue weighted by Gasteiger charge is -2.36. The number of ketones is 1. The van der Waals surface area contributed by atoms with E-state index < -0.39 is 46.6 Å². The van der Waals surface area contributed by atoms with Gasteiger partial charge < -0.3 is 10.2 Å². The van der Waals surface area contributed by atoms with Gasteiger partial charge >= 0.3 is 0 Å². The van der Waals surface area contributed by atoms with Gasteiger partial charge in [-0.15, -0.1) is 0 Å². The number of nitrogens with one attached hydrogen (secondary N) is 1. The number of non-ortho nitro benzene ring substituents is 1. The van der Waals surface area contributed by atoms with Crippen LogP contribution in [0, 0.1) is 22.0 Å². The van der Waals surface area contributed by atoms with Crippen LogP contribution in [0.2, 0.25) is 0 Å². The second kappa shape index (κ2) is 9.02. The molecule has 2 saturated heterocycles. The highest BCUT2D eigenvalue weighted by Crippen LogP contribution is 2.49. The van der Waals surface area contributed by atoms with E-state index in [1.165, 1.54) is 31.2 Å². The molecule has 0 radical (unpaired) electrons. The molecule has 2 fully saturated rings. The number of hydrogen-bond donors (Lipinski definition) is 1. The van der Waals surface area contributed by atoms with Crippen molar-refractivity contribution in [3.8, 4) is 0 Å². The smallest absolute Gasteiger partial charge is 0.269 e. The van der Waals surface area contributed by atoms with Crippen molar-refractivity contribution < 1.29 is 24.1 Å². The summed E-state index contributed by atoms with van der Waals surface area (Å²) in [7, 11) is 0. The zero-order valence-electron chi connectivity index (χ0n) is 20.7. The van der Waals surface area contributed by atoms with E-state index in [0.29, 0.717) is 16.9 Å². The first-order valence-corrected chi connectivity index (χ1v) is 12.4. The minimum Gasteiger partial charge on any atom is -0.351 e. The summed E-state index contributed by atoms with van der Waals surface area (Å²) in [6, 6.07) is 17.6. The van der Waals surface area contributed by atoms with Crippen LogP contribution in [0.4, 0.5) is 22.7 Å². The Morgan fingerprint density at radius 1 is 0.897 bits per heavy atom. The van der Waals surface area contributed by atoms with Crippen molar-refractivity contribution in [2.75, 3.05) is 15.1 Å². The maximum atomic E-state index is 13.9. The standard InChI is InChI=1S/C29H22N4O6/c1-16(34)17-6-11-20(12-7-17)31-28(36)24-23-15-8-18-4-2-3-5-22(18)32(23)26(25(24)29(31)37)27(35)30-19-9-13-21(14-10-19)33(38)39/h2-15,23-26H,1H3,(H,30,35). The van der Waals surface area contributed by atoms with Crippen molar-refractivity contribution in [2.45, 2.75) is 19.0 Å². The Labute approximate surface area is 222 Å². The van der Waals surface area contributed by atoms with E-state index in [4.69, 9.17) is 0 Å². The van der Waals surface area contributed by atoms with Gasteiger partial charge in [-0.1, -0.05) is 30.4 Å². The number of carbonyl (C=O) groups is 4. The van der Waals surface area contributed by atoms with Crippen LogP contribution in [-0.4, -0.2) is 40.5 Å². The molecule has 3 aliphatic heterocycles. The Morgan fingerprint density at radius 2 is 1.56 bits per heavy atom. The summed E-state index contributed by atoms with van der Waals surface area (Å²) in [4.78, 5) is 66.6. The Bertz CT molecular complexity index is 1580. The second-order valence-electron chi connectivity index (χ2n) is 9.72. The van der Waals surface area contributed by atoms with Gasteiger partial charge in [-0.2, -0.15) is 0 Å². The van der Waals surface area contributed by atoms with Gasteiger partial charge in [-0.25, -0.2) is 4.90 Å². The molecule has 0 saturated carbocycles. The van der Waals surface area contributed by atoms with Gasteiger partial charge in [0.15, 0.2) is 5.78 Å². The molecule has 4 unspecified atom stereocenters. The SMILES string of the molecule is CC(=O)c1ccc(N2C(=O)C3C(C2=O)C(C(=O)Nc2ccc([N+](=O)[O-])cc2)N2c4ccccc4C=CC32)cc1. The van der Waals surface area contributed by atoms with Gasteiger partial charge in [0.1, 0.15) is 6.04 Å². The summed E-state index contributed by atoms with van der Waals surface area (Å²) in [6.45, 7) is 1.43. The number of nitro benzene ring substituents is 1. The number of nitro groups is 1. The van der Waals surface area contributed by atoms with E-state index in [1.807, 2.05) is 41.3 Å². The summed E-state index contributed by atoms with van der Waals surface area (Å²) in [5, 5.41) is 13.8. The largest absolute Gasteiger partial charge is 0.351 e. The summed E-state index contributed by atoms with van der Waals surface area (Å²) in [5.41, 5.74) is 2.61. The fraction of sp³-hybridized carbons (Fsp3) is 0.172. The van der Waals surface area contributed by atoms with Gasteiger partial charge in [-0.05, 0) is 55.0 Å². The topological polar surface area (TPSA) is 130 Å². The maximum Gasteiger partial charge on any atom is 0.269 e. The van der Waals surface area contributed by atoms with Crippen molar-refractivity contribution in [3.05, 3.63) is 100 Å². The highest BCUT2D eigenvalue weighted by atomic mass is 16.6. The van der Waals surface area contributed by atoms with Crippen LogP contribution in [0.25, 0.3) is 6.08 Å². The van der Waals surface area contributed by atoms with Gasteiger partial charge in [0, 0.05) is 29.1 Å². The first-order valence-electron chi connectivity index (χ1n) is 12.4. The van der Waals surface area contributed by atoms with Crippen LogP contribution in [0.5, 0.6) is 0 Å². The second-order valence-corrected chi connectivity index (χ2v) is 9.72. The summed E-state index contributed by atoms with van der Waals surface area (Å²) >= 11 is 0. The molecule has 4 atom stereocenters. The number of para-hydroxylation sites is 1. The summed E-state index contributed by atoms with van der Waals surface area (Å²) in [6.07, 6.45) is 3.75. The molecule has 39 heavy (non-hydrogen) atoms. The van der Waals surface area contributed by atoms with Crippen LogP contribution in [0.15, 0.2) is 78.9 Å². The van der Waals surface area contributed by atoms with Gasteiger partial charge in [0.2, 0.25) is 17.7 Å². The molecule has 3 heterocycles. The third kappa shape index (κ3) is 3.80. The number of hydrogen-bond acceptors (Lipinski definition) is 7. The molecule has 3 aromatic carbocycles. The van der Waals surface area contributed by atoms with Crippen LogP contribution in [0.3, 0.4) is 0 Å². The molecular formula is C29H22N4O6. The predicted octanol–water partition coefficient (Wildman–Crippen LogP) is 3.83. The van der Waals surface area contributed by atoms with E-state index in [2.05, 4.69) is 5.32 Å². The lowest BCUT2D eigenvalue weighted by molar-refractivity contribution is -0.384. The lowest BCUT2D eigenvalue weighted by atomic mass is 9.88. The van der Waals surface area contributed by atoms with E-state index in [0.717, 1.165) is 16.2 Å². The first kappa shape index (κ1) is 24.2. The number of carbonyl (C=O) groups excluding carboxylic acids is 4. The van der Waals surface area contributed by atoms with Crippen LogP contribution >= 0.6 is 0 Å². The zero-order valence-corrected chi connectivity index (χ0v) is 20.7. The van der Waals surface area contributed by atoms with Gasteiger partial charge in [0.25, 0.3) is 5.69 Å². The number of amides is 3. The average Bonchev–Trinajstić information content (AvgIpc) is 3.41. The zero-order chi connectivity index (χ0) is 27.4. The molecule has 0 bridgehead atoms. The number of rotatable bonds is 5.